The SMILES string of the molecule is C=CC(C)(C)c1cccc2c(=O)c3c(oc12)C=CC(=O)C3. The molecule has 0 radical (unpaired) electrons. The van der Waals surface area contributed by atoms with E-state index >= 15 is 0 Å². The number of allylic oxidation sites excluding steroid dienone is 2. The van der Waals surface area contributed by atoms with Gasteiger partial charge in [0.15, 0.2) is 11.2 Å². The van der Waals surface area contributed by atoms with Gasteiger partial charge in [-0.1, -0.05) is 32.1 Å². The van der Waals surface area contributed by atoms with Crippen LogP contribution in [0.3, 0.4) is 0 Å². The molecule has 1 aromatic heterocycles. The Bertz CT molecular complexity index is 851. The summed E-state index contributed by atoms with van der Waals surface area (Å²) in [5, 5.41) is 0.518. The number of carbonyl (C=O) groups is 1. The second-order valence-electron chi connectivity index (χ2n) is 5.86. The molecule has 1 aliphatic rings. The highest BCUT2D eigenvalue weighted by Gasteiger charge is 2.24. The van der Waals surface area contributed by atoms with Crippen molar-refractivity contribution in [3.63, 3.8) is 0 Å². The molecule has 3 rings (SSSR count). The summed E-state index contributed by atoms with van der Waals surface area (Å²) in [5.74, 6) is 0.413. The van der Waals surface area contributed by atoms with Crippen molar-refractivity contribution >= 4 is 22.8 Å². The van der Waals surface area contributed by atoms with E-state index in [0.29, 0.717) is 22.3 Å². The summed E-state index contributed by atoms with van der Waals surface area (Å²) < 4.78 is 5.95. The first kappa shape index (κ1) is 13.6. The van der Waals surface area contributed by atoms with Crippen LogP contribution in [0.2, 0.25) is 0 Å². The third kappa shape index (κ3) is 2.05. The van der Waals surface area contributed by atoms with Crippen molar-refractivity contribution in [3.05, 3.63) is 64.0 Å². The van der Waals surface area contributed by atoms with Crippen LogP contribution in [0, 0.1) is 0 Å². The minimum Gasteiger partial charge on any atom is -0.456 e. The van der Waals surface area contributed by atoms with Gasteiger partial charge in [-0.2, -0.15) is 0 Å². The summed E-state index contributed by atoms with van der Waals surface area (Å²) in [5.41, 5.74) is 1.51. The van der Waals surface area contributed by atoms with Gasteiger partial charge < -0.3 is 4.42 Å². The zero-order valence-corrected chi connectivity index (χ0v) is 12.1. The molecule has 0 amide bonds. The number of benzene rings is 1. The quantitative estimate of drug-likeness (QED) is 0.792. The summed E-state index contributed by atoms with van der Waals surface area (Å²) in [6, 6.07) is 5.52. The molecule has 106 valence electrons. The van der Waals surface area contributed by atoms with E-state index in [2.05, 4.69) is 6.58 Å². The molecule has 0 bridgehead atoms. The average Bonchev–Trinajstić information content (AvgIpc) is 2.48. The molecular weight excluding hydrogens is 264 g/mol. The van der Waals surface area contributed by atoms with Gasteiger partial charge in [-0.3, -0.25) is 9.59 Å². The van der Waals surface area contributed by atoms with Crippen molar-refractivity contribution in [3.8, 4) is 0 Å². The van der Waals surface area contributed by atoms with E-state index in [1.54, 1.807) is 12.1 Å². The van der Waals surface area contributed by atoms with Crippen molar-refractivity contribution < 1.29 is 9.21 Å². The van der Waals surface area contributed by atoms with Gasteiger partial charge in [-0.15, -0.1) is 6.58 Å². The average molecular weight is 280 g/mol. The van der Waals surface area contributed by atoms with E-state index in [-0.39, 0.29) is 23.0 Å². The first-order chi connectivity index (χ1) is 9.94. The highest BCUT2D eigenvalue weighted by molar-refractivity contribution is 5.98. The lowest BCUT2D eigenvalue weighted by molar-refractivity contribution is -0.114. The van der Waals surface area contributed by atoms with Gasteiger partial charge in [0.1, 0.15) is 11.3 Å². The molecule has 0 atom stereocenters. The van der Waals surface area contributed by atoms with Crippen molar-refractivity contribution in [1.29, 1.82) is 0 Å². The number of hydrogen-bond donors (Lipinski definition) is 0. The Morgan fingerprint density at radius 2 is 2.00 bits per heavy atom. The number of rotatable bonds is 2. The molecule has 0 aliphatic heterocycles. The summed E-state index contributed by atoms with van der Waals surface area (Å²) in [6.07, 6.45) is 4.98. The summed E-state index contributed by atoms with van der Waals surface area (Å²) >= 11 is 0. The van der Waals surface area contributed by atoms with Crippen LogP contribution in [0.1, 0.15) is 30.7 Å². The van der Waals surface area contributed by atoms with Gasteiger partial charge in [0.25, 0.3) is 0 Å². The molecule has 0 saturated carbocycles. The zero-order valence-electron chi connectivity index (χ0n) is 12.1. The largest absolute Gasteiger partial charge is 0.456 e. The van der Waals surface area contributed by atoms with E-state index in [1.165, 1.54) is 6.08 Å². The minimum absolute atomic E-state index is 0.0725. The van der Waals surface area contributed by atoms with Gasteiger partial charge in [0.05, 0.1) is 10.9 Å². The summed E-state index contributed by atoms with van der Waals surface area (Å²) in [7, 11) is 0. The fraction of sp³-hybridized carbons (Fsp3) is 0.222. The molecule has 1 heterocycles. The van der Waals surface area contributed by atoms with Gasteiger partial charge >= 0.3 is 0 Å². The number of hydrogen-bond acceptors (Lipinski definition) is 3. The minimum atomic E-state index is -0.308. The second-order valence-corrected chi connectivity index (χ2v) is 5.86. The Kier molecular flexibility index (Phi) is 2.94. The number of para-hydroxylation sites is 1. The molecule has 0 N–H and O–H groups in total. The molecule has 1 aliphatic carbocycles. The maximum atomic E-state index is 12.6. The molecule has 3 nitrogen and oxygen atoms in total. The molecule has 0 spiro atoms. The third-order valence-corrected chi connectivity index (χ3v) is 4.02. The number of fused-ring (bicyclic) bond motifs is 2. The Hall–Kier alpha value is -2.42. The molecular formula is C18H16O3. The predicted molar refractivity (Wildman–Crippen MR) is 83.5 cm³/mol. The van der Waals surface area contributed by atoms with E-state index in [9.17, 15) is 9.59 Å². The maximum absolute atomic E-state index is 12.6. The van der Waals surface area contributed by atoms with Gasteiger partial charge in [0.2, 0.25) is 0 Å². The first-order valence-corrected chi connectivity index (χ1v) is 6.88. The Balaban J connectivity index is 2.41. The highest BCUT2D eigenvalue weighted by Crippen LogP contribution is 2.32. The molecule has 0 saturated heterocycles. The lowest BCUT2D eigenvalue weighted by atomic mass is 9.83. The van der Waals surface area contributed by atoms with Gasteiger partial charge in [-0.25, -0.2) is 0 Å². The first-order valence-electron chi connectivity index (χ1n) is 6.88. The molecule has 3 heteroatoms. The molecule has 1 aromatic carbocycles. The van der Waals surface area contributed by atoms with Crippen molar-refractivity contribution in [2.24, 2.45) is 0 Å². The van der Waals surface area contributed by atoms with Crippen molar-refractivity contribution in [2.75, 3.05) is 0 Å². The second kappa shape index (κ2) is 4.55. The number of ketones is 1. The van der Waals surface area contributed by atoms with Crippen LogP contribution < -0.4 is 5.43 Å². The number of carbonyl (C=O) groups excluding carboxylic acids is 1. The van der Waals surface area contributed by atoms with Crippen molar-refractivity contribution in [2.45, 2.75) is 25.7 Å². The normalized spacial score (nSPS) is 14.3. The van der Waals surface area contributed by atoms with Crippen LogP contribution in [-0.4, -0.2) is 5.78 Å². The van der Waals surface area contributed by atoms with Crippen LogP contribution in [0.25, 0.3) is 17.0 Å². The third-order valence-electron chi connectivity index (χ3n) is 4.02. The highest BCUT2D eigenvalue weighted by atomic mass is 16.3. The lowest BCUT2D eigenvalue weighted by Crippen LogP contribution is -2.20. The van der Waals surface area contributed by atoms with E-state index < -0.39 is 0 Å². The van der Waals surface area contributed by atoms with Crippen LogP contribution in [0.4, 0.5) is 0 Å². The van der Waals surface area contributed by atoms with Crippen LogP contribution >= 0.6 is 0 Å². The van der Waals surface area contributed by atoms with Gasteiger partial charge in [0, 0.05) is 17.4 Å². The van der Waals surface area contributed by atoms with E-state index in [4.69, 9.17) is 4.42 Å². The molecule has 21 heavy (non-hydrogen) atoms. The maximum Gasteiger partial charge on any atom is 0.196 e. The topological polar surface area (TPSA) is 47.3 Å². The lowest BCUT2D eigenvalue weighted by Gasteiger charge is -2.22. The Labute approximate surface area is 122 Å². The Morgan fingerprint density at radius 1 is 1.24 bits per heavy atom. The molecule has 0 fully saturated rings. The van der Waals surface area contributed by atoms with E-state index in [0.717, 1.165) is 5.56 Å². The molecule has 0 unspecified atom stereocenters. The fourth-order valence-corrected chi connectivity index (χ4v) is 2.59. The monoisotopic (exact) mass is 280 g/mol. The smallest absolute Gasteiger partial charge is 0.196 e. The van der Waals surface area contributed by atoms with Crippen LogP contribution in [0.15, 0.2) is 46.1 Å². The van der Waals surface area contributed by atoms with Crippen molar-refractivity contribution in [1.82, 2.24) is 0 Å². The summed E-state index contributed by atoms with van der Waals surface area (Å²) in [6.45, 7) is 7.90. The van der Waals surface area contributed by atoms with Gasteiger partial charge in [-0.05, 0) is 18.2 Å². The van der Waals surface area contributed by atoms with Crippen LogP contribution in [-0.2, 0) is 16.6 Å². The van der Waals surface area contributed by atoms with E-state index in [1.807, 2.05) is 32.1 Å². The standard InChI is InChI=1S/C18H16O3/c1-4-18(2,3)14-7-5-6-12-16(20)13-10-11(19)8-9-15(13)21-17(12)14/h4-9H,1,10H2,2-3H3. The fourth-order valence-electron chi connectivity index (χ4n) is 2.59. The zero-order chi connectivity index (χ0) is 15.2. The predicted octanol–water partition coefficient (Wildman–Crippen LogP) is 3.40. The summed E-state index contributed by atoms with van der Waals surface area (Å²) in [4.78, 5) is 24.1. The molecule has 2 aromatic rings. The Morgan fingerprint density at radius 3 is 2.71 bits per heavy atom. The van der Waals surface area contributed by atoms with Crippen LogP contribution in [0.5, 0.6) is 0 Å².